The number of aromatic amines is 1. The van der Waals surface area contributed by atoms with Crippen molar-refractivity contribution in [3.63, 3.8) is 0 Å². The van der Waals surface area contributed by atoms with Crippen molar-refractivity contribution in [1.29, 1.82) is 0 Å². The number of amides is 1. The lowest BCUT2D eigenvalue weighted by Crippen LogP contribution is -2.15. The van der Waals surface area contributed by atoms with Crippen LogP contribution in [-0.4, -0.2) is 38.3 Å². The number of fused-ring (bicyclic) bond motifs is 2. The number of ether oxygens (including phenoxy) is 1. The topological polar surface area (TPSA) is 84.3 Å². The first kappa shape index (κ1) is 18.5. The summed E-state index contributed by atoms with van der Waals surface area (Å²) in [5.41, 5.74) is 1.34. The SMILES string of the molecule is CCOc1c(F)c(F)c2[nH]ncc2c1-c1ccc2nc(NC(=O)[C@@H]3C[C@@H]3F)cn2c1. The minimum absolute atomic E-state index is 0.0603. The highest BCUT2D eigenvalue weighted by molar-refractivity contribution is 5.98. The van der Waals surface area contributed by atoms with E-state index in [9.17, 15) is 18.0 Å². The summed E-state index contributed by atoms with van der Waals surface area (Å²) < 4.78 is 49.2. The number of nitrogens with zero attached hydrogens (tertiary/aromatic N) is 3. The van der Waals surface area contributed by atoms with Crippen LogP contribution in [0.15, 0.2) is 30.7 Å². The zero-order valence-corrected chi connectivity index (χ0v) is 15.7. The second kappa shape index (κ2) is 6.75. The fourth-order valence-corrected chi connectivity index (χ4v) is 3.51. The molecule has 30 heavy (non-hydrogen) atoms. The summed E-state index contributed by atoms with van der Waals surface area (Å²) >= 11 is 0. The molecule has 3 heterocycles. The smallest absolute Gasteiger partial charge is 0.231 e. The Bertz CT molecular complexity index is 1300. The van der Waals surface area contributed by atoms with E-state index in [2.05, 4.69) is 20.5 Å². The van der Waals surface area contributed by atoms with Crippen molar-refractivity contribution in [2.45, 2.75) is 19.5 Å². The Balaban J connectivity index is 1.60. The van der Waals surface area contributed by atoms with Crippen molar-refractivity contribution in [3.8, 4) is 16.9 Å². The number of pyridine rings is 1. The number of carbonyl (C=O) groups excluding carboxylic acids is 1. The molecule has 0 saturated heterocycles. The zero-order chi connectivity index (χ0) is 21.0. The van der Waals surface area contributed by atoms with Crippen LogP contribution in [0.3, 0.4) is 0 Å². The lowest BCUT2D eigenvalue weighted by atomic mass is 10.0. The zero-order valence-electron chi connectivity index (χ0n) is 15.7. The van der Waals surface area contributed by atoms with Crippen molar-refractivity contribution < 1.29 is 22.7 Å². The Labute approximate surface area is 167 Å². The number of anilines is 1. The quantitative estimate of drug-likeness (QED) is 0.519. The number of halogens is 3. The van der Waals surface area contributed by atoms with Gasteiger partial charge in [-0.15, -0.1) is 0 Å². The van der Waals surface area contributed by atoms with Crippen LogP contribution >= 0.6 is 0 Å². The van der Waals surface area contributed by atoms with E-state index in [4.69, 9.17) is 4.74 Å². The number of hydrogen-bond acceptors (Lipinski definition) is 4. The molecule has 10 heteroatoms. The summed E-state index contributed by atoms with van der Waals surface area (Å²) in [5, 5.41) is 9.27. The molecule has 3 aromatic heterocycles. The Morgan fingerprint density at radius 2 is 2.13 bits per heavy atom. The van der Waals surface area contributed by atoms with Crippen LogP contribution in [0.4, 0.5) is 19.0 Å². The number of nitrogens with one attached hydrogen (secondary N) is 2. The van der Waals surface area contributed by atoms with Crippen molar-refractivity contribution in [1.82, 2.24) is 19.6 Å². The average Bonchev–Trinajstić information content (AvgIpc) is 3.11. The van der Waals surface area contributed by atoms with E-state index in [1.165, 1.54) is 6.20 Å². The first-order valence-electron chi connectivity index (χ1n) is 9.38. The third-order valence-corrected chi connectivity index (χ3v) is 5.08. The normalized spacial score (nSPS) is 18.1. The van der Waals surface area contributed by atoms with E-state index in [1.807, 2.05) is 0 Å². The van der Waals surface area contributed by atoms with Gasteiger partial charge < -0.3 is 14.5 Å². The first-order chi connectivity index (χ1) is 14.5. The van der Waals surface area contributed by atoms with Crippen LogP contribution in [0.5, 0.6) is 5.75 Å². The first-order valence-corrected chi connectivity index (χ1v) is 9.38. The van der Waals surface area contributed by atoms with Gasteiger partial charge in [0.1, 0.15) is 17.3 Å². The van der Waals surface area contributed by atoms with Crippen molar-refractivity contribution in [3.05, 3.63) is 42.4 Å². The maximum Gasteiger partial charge on any atom is 0.231 e. The number of H-pyrrole nitrogens is 1. The maximum atomic E-state index is 14.7. The predicted octanol–water partition coefficient (Wildman–Crippen LogP) is 3.85. The van der Waals surface area contributed by atoms with E-state index >= 15 is 0 Å². The maximum absolute atomic E-state index is 14.7. The van der Waals surface area contributed by atoms with Gasteiger partial charge in [-0.05, 0) is 25.5 Å². The molecule has 1 amide bonds. The fourth-order valence-electron chi connectivity index (χ4n) is 3.51. The minimum atomic E-state index is -1.10. The largest absolute Gasteiger partial charge is 0.490 e. The third-order valence-electron chi connectivity index (χ3n) is 5.08. The van der Waals surface area contributed by atoms with E-state index in [1.54, 1.807) is 35.9 Å². The number of hydrogen-bond donors (Lipinski definition) is 2. The molecule has 0 spiro atoms. The fraction of sp³-hybridized carbons (Fsp3) is 0.250. The van der Waals surface area contributed by atoms with E-state index in [0.717, 1.165) is 0 Å². The number of benzene rings is 1. The van der Waals surface area contributed by atoms with Gasteiger partial charge in [0.05, 0.1) is 24.9 Å². The van der Waals surface area contributed by atoms with Gasteiger partial charge in [0.2, 0.25) is 11.7 Å². The second-order valence-corrected chi connectivity index (χ2v) is 7.08. The van der Waals surface area contributed by atoms with Gasteiger partial charge in [-0.1, -0.05) is 0 Å². The van der Waals surface area contributed by atoms with Gasteiger partial charge in [-0.3, -0.25) is 9.89 Å². The van der Waals surface area contributed by atoms with Crippen LogP contribution in [0.2, 0.25) is 0 Å². The molecule has 0 radical (unpaired) electrons. The molecule has 1 aliphatic carbocycles. The molecule has 2 N–H and O–H groups in total. The molecular weight excluding hydrogens is 399 g/mol. The van der Waals surface area contributed by atoms with E-state index < -0.39 is 29.6 Å². The van der Waals surface area contributed by atoms with Crippen LogP contribution in [0, 0.1) is 17.6 Å². The molecule has 7 nitrogen and oxygen atoms in total. The molecule has 1 aromatic carbocycles. The van der Waals surface area contributed by atoms with Gasteiger partial charge in [-0.25, -0.2) is 13.8 Å². The third kappa shape index (κ3) is 2.87. The number of imidazole rings is 1. The molecule has 1 aliphatic rings. The molecule has 1 saturated carbocycles. The van der Waals surface area contributed by atoms with Gasteiger partial charge in [0.15, 0.2) is 17.4 Å². The number of rotatable bonds is 5. The second-order valence-electron chi connectivity index (χ2n) is 7.08. The van der Waals surface area contributed by atoms with Crippen molar-refractivity contribution in [2.24, 2.45) is 5.92 Å². The Morgan fingerprint density at radius 1 is 1.33 bits per heavy atom. The van der Waals surface area contributed by atoms with Gasteiger partial charge in [-0.2, -0.15) is 9.49 Å². The molecular formula is C20H16F3N5O2. The Morgan fingerprint density at radius 3 is 2.87 bits per heavy atom. The highest BCUT2D eigenvalue weighted by Crippen LogP contribution is 2.40. The molecule has 1 fully saturated rings. The van der Waals surface area contributed by atoms with Crippen LogP contribution < -0.4 is 10.1 Å². The van der Waals surface area contributed by atoms with Crippen molar-refractivity contribution in [2.75, 3.05) is 11.9 Å². The summed E-state index contributed by atoms with van der Waals surface area (Å²) in [6, 6.07) is 3.36. The van der Waals surface area contributed by atoms with Gasteiger partial charge in [0.25, 0.3) is 0 Å². The minimum Gasteiger partial charge on any atom is -0.490 e. The van der Waals surface area contributed by atoms with Crippen LogP contribution in [-0.2, 0) is 4.79 Å². The summed E-state index contributed by atoms with van der Waals surface area (Å²) in [4.78, 5) is 16.2. The summed E-state index contributed by atoms with van der Waals surface area (Å²) in [6.45, 7) is 1.82. The molecule has 0 unspecified atom stereocenters. The highest BCUT2D eigenvalue weighted by atomic mass is 19.2. The van der Waals surface area contributed by atoms with Crippen LogP contribution in [0.25, 0.3) is 27.7 Å². The van der Waals surface area contributed by atoms with Gasteiger partial charge >= 0.3 is 0 Å². The van der Waals surface area contributed by atoms with Crippen LogP contribution in [0.1, 0.15) is 13.3 Å². The van der Waals surface area contributed by atoms with E-state index in [-0.39, 0.29) is 30.1 Å². The summed E-state index contributed by atoms with van der Waals surface area (Å²) in [6.07, 6.45) is 3.76. The lowest BCUT2D eigenvalue weighted by Gasteiger charge is -2.13. The predicted molar refractivity (Wildman–Crippen MR) is 103 cm³/mol. The Kier molecular flexibility index (Phi) is 4.16. The Hall–Kier alpha value is -3.56. The average molecular weight is 415 g/mol. The van der Waals surface area contributed by atoms with Crippen molar-refractivity contribution >= 4 is 28.3 Å². The summed E-state index contributed by atoms with van der Waals surface area (Å²) in [7, 11) is 0. The van der Waals surface area contributed by atoms with Gasteiger partial charge in [0, 0.05) is 22.7 Å². The number of carbonyl (C=O) groups is 1. The molecule has 0 aliphatic heterocycles. The highest BCUT2D eigenvalue weighted by Gasteiger charge is 2.43. The molecule has 0 bridgehead atoms. The molecule has 2 atom stereocenters. The lowest BCUT2D eigenvalue weighted by molar-refractivity contribution is -0.117. The molecule has 154 valence electrons. The number of aromatic nitrogens is 4. The van der Waals surface area contributed by atoms with E-state index in [0.29, 0.717) is 22.2 Å². The standard InChI is InChI=1S/C20H16F3N5O2/c1-2-30-19-15(11-6-24-27-18(11)16(22)17(19)23)9-3-4-14-25-13(8-28(14)7-9)26-20(29)10-5-12(10)21/h3-4,6-8,10,12H,2,5H2,1H3,(H,24,27)(H,26,29)/t10-,12+/m1/s1. The monoisotopic (exact) mass is 415 g/mol. The molecule has 4 aromatic rings. The summed E-state index contributed by atoms with van der Waals surface area (Å²) in [5.74, 6) is -3.14. The molecule has 5 rings (SSSR count). The number of alkyl halides is 1.